The standard InChI is InChI=1S/C24H23IN2O2/c1-14-16(12-26)11-22(25)15(2)23(14)27-24(28)29-13-21-19-9-5-3-7-17(19)18-8-4-6-10-20(18)21/h3-11,21H,12-13,26H2,1-2H3,(H,27,28). The number of carbonyl (C=O) groups is 1. The number of anilines is 1. The van der Waals surface area contributed by atoms with Gasteiger partial charge in [0.15, 0.2) is 0 Å². The largest absolute Gasteiger partial charge is 0.448 e. The van der Waals surface area contributed by atoms with E-state index in [0.717, 1.165) is 25.9 Å². The van der Waals surface area contributed by atoms with E-state index in [1.807, 2.05) is 38.1 Å². The van der Waals surface area contributed by atoms with Crippen molar-refractivity contribution in [1.82, 2.24) is 0 Å². The van der Waals surface area contributed by atoms with E-state index >= 15 is 0 Å². The number of carbonyl (C=O) groups excluding carboxylic acids is 1. The Bertz CT molecular complexity index is 1050. The molecule has 4 nitrogen and oxygen atoms in total. The minimum Gasteiger partial charge on any atom is -0.448 e. The van der Waals surface area contributed by atoms with Crippen LogP contribution in [0.15, 0.2) is 54.6 Å². The van der Waals surface area contributed by atoms with Gasteiger partial charge in [-0.2, -0.15) is 0 Å². The Morgan fingerprint density at radius 1 is 1.03 bits per heavy atom. The quantitative estimate of drug-likeness (QED) is 0.452. The Balaban J connectivity index is 1.54. The van der Waals surface area contributed by atoms with E-state index in [9.17, 15) is 4.79 Å². The van der Waals surface area contributed by atoms with Crippen molar-refractivity contribution in [3.63, 3.8) is 0 Å². The van der Waals surface area contributed by atoms with Crippen LogP contribution in [0.2, 0.25) is 0 Å². The average molecular weight is 498 g/mol. The highest BCUT2D eigenvalue weighted by Gasteiger charge is 2.29. The molecule has 0 aromatic heterocycles. The van der Waals surface area contributed by atoms with Crippen molar-refractivity contribution in [2.45, 2.75) is 26.3 Å². The molecule has 0 saturated heterocycles. The van der Waals surface area contributed by atoms with Crippen molar-refractivity contribution in [3.05, 3.63) is 86.0 Å². The minimum atomic E-state index is -0.442. The van der Waals surface area contributed by atoms with Crippen LogP contribution in [0.25, 0.3) is 11.1 Å². The molecule has 1 aliphatic rings. The number of hydrogen-bond acceptors (Lipinski definition) is 3. The third-order valence-corrected chi connectivity index (χ3v) is 6.80. The van der Waals surface area contributed by atoms with Gasteiger partial charge in [-0.1, -0.05) is 48.5 Å². The maximum Gasteiger partial charge on any atom is 0.411 e. The number of hydrogen-bond donors (Lipinski definition) is 2. The second kappa shape index (κ2) is 8.16. The number of amides is 1. The fourth-order valence-electron chi connectivity index (χ4n) is 4.07. The molecular weight excluding hydrogens is 475 g/mol. The normalized spacial score (nSPS) is 12.4. The molecule has 0 spiro atoms. The smallest absolute Gasteiger partial charge is 0.411 e. The zero-order chi connectivity index (χ0) is 20.5. The van der Waals surface area contributed by atoms with Crippen LogP contribution in [0, 0.1) is 17.4 Å². The summed E-state index contributed by atoms with van der Waals surface area (Å²) in [5, 5.41) is 2.94. The number of rotatable bonds is 4. The third-order valence-electron chi connectivity index (χ3n) is 5.68. The molecule has 0 radical (unpaired) electrons. The van der Waals surface area contributed by atoms with Gasteiger partial charge in [-0.25, -0.2) is 4.79 Å². The molecule has 0 heterocycles. The van der Waals surface area contributed by atoms with Gasteiger partial charge in [-0.05, 0) is 81.4 Å². The van der Waals surface area contributed by atoms with E-state index in [4.69, 9.17) is 10.5 Å². The van der Waals surface area contributed by atoms with E-state index in [1.54, 1.807) is 0 Å². The van der Waals surface area contributed by atoms with Crippen LogP contribution in [0.3, 0.4) is 0 Å². The van der Waals surface area contributed by atoms with Crippen molar-refractivity contribution >= 4 is 34.4 Å². The molecule has 4 rings (SSSR count). The summed E-state index contributed by atoms with van der Waals surface area (Å²) < 4.78 is 6.76. The lowest BCUT2D eigenvalue weighted by atomic mass is 9.98. The molecule has 0 aliphatic heterocycles. The second-order valence-corrected chi connectivity index (χ2v) is 8.46. The van der Waals surface area contributed by atoms with Crippen molar-refractivity contribution in [2.24, 2.45) is 5.73 Å². The van der Waals surface area contributed by atoms with E-state index < -0.39 is 6.09 Å². The zero-order valence-electron chi connectivity index (χ0n) is 16.5. The molecular formula is C24H23IN2O2. The molecule has 0 atom stereocenters. The molecule has 3 aromatic carbocycles. The molecule has 3 aromatic rings. The third kappa shape index (κ3) is 3.65. The van der Waals surface area contributed by atoms with Crippen LogP contribution in [0.5, 0.6) is 0 Å². The first-order valence-electron chi connectivity index (χ1n) is 9.62. The molecule has 0 saturated carbocycles. The summed E-state index contributed by atoms with van der Waals surface area (Å²) in [7, 11) is 0. The van der Waals surface area contributed by atoms with E-state index in [-0.39, 0.29) is 5.92 Å². The summed E-state index contributed by atoms with van der Waals surface area (Å²) in [4.78, 5) is 12.6. The van der Waals surface area contributed by atoms with Gasteiger partial charge in [0.1, 0.15) is 6.61 Å². The van der Waals surface area contributed by atoms with E-state index in [1.165, 1.54) is 22.3 Å². The summed E-state index contributed by atoms with van der Waals surface area (Å²) in [6.45, 7) is 4.70. The lowest BCUT2D eigenvalue weighted by Crippen LogP contribution is -2.19. The first-order valence-corrected chi connectivity index (χ1v) is 10.7. The molecule has 5 heteroatoms. The maximum absolute atomic E-state index is 12.6. The van der Waals surface area contributed by atoms with E-state index in [0.29, 0.717) is 13.2 Å². The summed E-state index contributed by atoms with van der Waals surface area (Å²) in [6, 6.07) is 18.7. The monoisotopic (exact) mass is 498 g/mol. The van der Waals surface area contributed by atoms with Crippen LogP contribution < -0.4 is 11.1 Å². The van der Waals surface area contributed by atoms with Crippen LogP contribution in [0.4, 0.5) is 10.5 Å². The number of nitrogens with two attached hydrogens (primary N) is 1. The van der Waals surface area contributed by atoms with Crippen molar-refractivity contribution in [3.8, 4) is 11.1 Å². The average Bonchev–Trinajstić information content (AvgIpc) is 3.06. The van der Waals surface area contributed by atoms with Crippen LogP contribution in [0.1, 0.15) is 33.7 Å². The molecule has 148 valence electrons. The summed E-state index contributed by atoms with van der Waals surface area (Å²) in [5.41, 5.74) is 14.5. The maximum atomic E-state index is 12.6. The topological polar surface area (TPSA) is 64.3 Å². The zero-order valence-corrected chi connectivity index (χ0v) is 18.6. The summed E-state index contributed by atoms with van der Waals surface area (Å²) >= 11 is 2.27. The Labute approximate surface area is 184 Å². The van der Waals surface area contributed by atoms with E-state index in [2.05, 4.69) is 58.2 Å². The molecule has 1 amide bonds. The molecule has 1 aliphatic carbocycles. The Kier molecular flexibility index (Phi) is 5.61. The molecule has 0 bridgehead atoms. The highest BCUT2D eigenvalue weighted by atomic mass is 127. The van der Waals surface area contributed by atoms with Gasteiger partial charge in [0.25, 0.3) is 0 Å². The lowest BCUT2D eigenvalue weighted by Gasteiger charge is -2.18. The number of halogens is 1. The Morgan fingerprint density at radius 3 is 2.21 bits per heavy atom. The highest BCUT2D eigenvalue weighted by molar-refractivity contribution is 14.1. The predicted octanol–water partition coefficient (Wildman–Crippen LogP) is 5.73. The van der Waals surface area contributed by atoms with Gasteiger partial charge in [0.2, 0.25) is 0 Å². The molecule has 0 fully saturated rings. The Hall–Kier alpha value is -2.38. The van der Waals surface area contributed by atoms with Crippen LogP contribution in [-0.4, -0.2) is 12.7 Å². The predicted molar refractivity (Wildman–Crippen MR) is 125 cm³/mol. The SMILES string of the molecule is Cc1c(I)cc(CN)c(C)c1NC(=O)OCC1c2ccccc2-c2ccccc21. The van der Waals surface area contributed by atoms with Gasteiger partial charge in [0.05, 0.1) is 5.69 Å². The van der Waals surface area contributed by atoms with Crippen LogP contribution >= 0.6 is 22.6 Å². The minimum absolute atomic E-state index is 0.0471. The number of nitrogens with one attached hydrogen (secondary N) is 1. The van der Waals surface area contributed by atoms with Crippen molar-refractivity contribution < 1.29 is 9.53 Å². The number of benzene rings is 3. The van der Waals surface area contributed by atoms with Crippen molar-refractivity contribution in [2.75, 3.05) is 11.9 Å². The number of ether oxygens (including phenoxy) is 1. The first-order chi connectivity index (χ1) is 14.0. The highest BCUT2D eigenvalue weighted by Crippen LogP contribution is 2.44. The fourth-order valence-corrected chi connectivity index (χ4v) is 4.71. The molecule has 0 unspecified atom stereocenters. The fraction of sp³-hybridized carbons (Fsp3) is 0.208. The first kappa shape index (κ1) is 19.9. The molecule has 3 N–H and O–H groups in total. The van der Waals surface area contributed by atoms with Gasteiger partial charge in [-0.15, -0.1) is 0 Å². The summed E-state index contributed by atoms with van der Waals surface area (Å²) in [6.07, 6.45) is -0.442. The molecule has 29 heavy (non-hydrogen) atoms. The van der Waals surface area contributed by atoms with Crippen molar-refractivity contribution in [1.29, 1.82) is 0 Å². The van der Waals surface area contributed by atoms with Gasteiger partial charge < -0.3 is 10.5 Å². The van der Waals surface area contributed by atoms with Gasteiger partial charge in [0, 0.05) is 16.0 Å². The number of fused-ring (bicyclic) bond motifs is 3. The van der Waals surface area contributed by atoms with Gasteiger partial charge in [-0.3, -0.25) is 5.32 Å². The van der Waals surface area contributed by atoms with Gasteiger partial charge >= 0.3 is 6.09 Å². The lowest BCUT2D eigenvalue weighted by molar-refractivity contribution is 0.158. The van der Waals surface area contributed by atoms with Crippen LogP contribution in [-0.2, 0) is 11.3 Å². The Morgan fingerprint density at radius 2 is 1.62 bits per heavy atom. The second-order valence-electron chi connectivity index (χ2n) is 7.30. The summed E-state index contributed by atoms with van der Waals surface area (Å²) in [5.74, 6) is 0.0471.